The van der Waals surface area contributed by atoms with Crippen molar-refractivity contribution in [1.29, 1.82) is 0 Å². The Balaban J connectivity index is 0.00000364. The summed E-state index contributed by atoms with van der Waals surface area (Å²) in [4.78, 5) is 9.37. The van der Waals surface area contributed by atoms with Crippen LogP contribution in [0.4, 0.5) is 0 Å². The lowest BCUT2D eigenvalue weighted by molar-refractivity contribution is 0.297. The van der Waals surface area contributed by atoms with Crippen LogP contribution in [0.1, 0.15) is 18.2 Å². The largest absolute Gasteiger partial charge is 0.357 e. The van der Waals surface area contributed by atoms with Crippen LogP contribution in [0, 0.1) is 0 Å². The Labute approximate surface area is 181 Å². The van der Waals surface area contributed by atoms with E-state index in [2.05, 4.69) is 103 Å². The Morgan fingerprint density at radius 1 is 1.11 bits per heavy atom. The number of aromatic nitrogens is 1. The van der Waals surface area contributed by atoms with Gasteiger partial charge in [0.25, 0.3) is 0 Å². The highest BCUT2D eigenvalue weighted by atomic mass is 127. The standard InChI is InChI=1S/C21H33N5.HI/c1-6-22-21(26(5)17-19-13-10-14-25(19)4)23-16-20(24(2)3)15-18-11-8-7-9-12-18;/h7-14,20H,6,15-17H2,1-5H3,(H,22,23);1H. The third-order valence-electron chi connectivity index (χ3n) is 4.64. The smallest absolute Gasteiger partial charge is 0.194 e. The highest BCUT2D eigenvalue weighted by molar-refractivity contribution is 14.0. The van der Waals surface area contributed by atoms with Gasteiger partial charge in [-0.1, -0.05) is 30.3 Å². The number of nitrogens with one attached hydrogen (secondary N) is 1. The Morgan fingerprint density at radius 3 is 2.37 bits per heavy atom. The van der Waals surface area contributed by atoms with Crippen molar-refractivity contribution in [3.63, 3.8) is 0 Å². The number of likely N-dealkylation sites (N-methyl/N-ethyl adjacent to an activating group) is 1. The van der Waals surface area contributed by atoms with Gasteiger partial charge in [0, 0.05) is 38.6 Å². The zero-order valence-corrected chi connectivity index (χ0v) is 19.6. The first-order valence-corrected chi connectivity index (χ1v) is 9.31. The summed E-state index contributed by atoms with van der Waals surface area (Å²) in [5, 5.41) is 3.42. The summed E-state index contributed by atoms with van der Waals surface area (Å²) in [7, 11) is 8.43. The molecule has 0 saturated heterocycles. The summed E-state index contributed by atoms with van der Waals surface area (Å²) in [5.41, 5.74) is 2.62. The van der Waals surface area contributed by atoms with Crippen LogP contribution in [-0.2, 0) is 20.0 Å². The molecule has 0 aliphatic rings. The van der Waals surface area contributed by atoms with Crippen molar-refractivity contribution in [2.75, 3.05) is 34.2 Å². The molecule has 1 atom stereocenters. The summed E-state index contributed by atoms with van der Waals surface area (Å²) >= 11 is 0. The minimum atomic E-state index is 0. The zero-order chi connectivity index (χ0) is 18.9. The number of aliphatic imine (C=N–C) groups is 1. The molecular formula is C21H34IN5. The predicted molar refractivity (Wildman–Crippen MR) is 126 cm³/mol. The number of hydrogen-bond donors (Lipinski definition) is 1. The van der Waals surface area contributed by atoms with Gasteiger partial charge < -0.3 is 19.7 Å². The molecule has 0 aliphatic carbocycles. The van der Waals surface area contributed by atoms with Gasteiger partial charge in [0.2, 0.25) is 0 Å². The topological polar surface area (TPSA) is 35.8 Å². The fraction of sp³-hybridized carbons (Fsp3) is 0.476. The zero-order valence-electron chi connectivity index (χ0n) is 17.2. The molecular weight excluding hydrogens is 449 g/mol. The average Bonchev–Trinajstić information content (AvgIpc) is 3.02. The van der Waals surface area contributed by atoms with Crippen molar-refractivity contribution in [2.24, 2.45) is 12.0 Å². The summed E-state index contributed by atoms with van der Waals surface area (Å²) in [5.74, 6) is 0.952. The molecule has 0 radical (unpaired) electrons. The van der Waals surface area contributed by atoms with E-state index in [0.717, 1.165) is 32.0 Å². The van der Waals surface area contributed by atoms with Gasteiger partial charge in [0.15, 0.2) is 5.96 Å². The number of hydrogen-bond acceptors (Lipinski definition) is 2. The normalized spacial score (nSPS) is 12.6. The van der Waals surface area contributed by atoms with Crippen LogP contribution in [-0.4, -0.2) is 60.6 Å². The van der Waals surface area contributed by atoms with Crippen molar-refractivity contribution >= 4 is 29.9 Å². The van der Waals surface area contributed by atoms with Gasteiger partial charge in [-0.25, -0.2) is 0 Å². The molecule has 0 spiro atoms. The molecule has 5 nitrogen and oxygen atoms in total. The number of halogens is 1. The van der Waals surface area contributed by atoms with Crippen LogP contribution in [0.5, 0.6) is 0 Å². The molecule has 0 aliphatic heterocycles. The average molecular weight is 483 g/mol. The first kappa shape index (κ1) is 23.5. The van der Waals surface area contributed by atoms with Gasteiger partial charge in [0.05, 0.1) is 13.1 Å². The molecule has 0 bridgehead atoms. The quantitative estimate of drug-likeness (QED) is 0.356. The Morgan fingerprint density at radius 2 is 1.81 bits per heavy atom. The Hall–Kier alpha value is -1.54. The summed E-state index contributed by atoms with van der Waals surface area (Å²) < 4.78 is 2.15. The highest BCUT2D eigenvalue weighted by Gasteiger charge is 2.14. The van der Waals surface area contributed by atoms with Gasteiger partial charge in [-0.05, 0) is 45.1 Å². The summed E-state index contributed by atoms with van der Waals surface area (Å²) in [6.07, 6.45) is 3.08. The first-order chi connectivity index (χ1) is 12.5. The van der Waals surface area contributed by atoms with Crippen LogP contribution in [0.25, 0.3) is 0 Å². The van der Waals surface area contributed by atoms with E-state index in [1.165, 1.54) is 11.3 Å². The molecule has 1 aromatic carbocycles. The third-order valence-corrected chi connectivity index (χ3v) is 4.64. The lowest BCUT2D eigenvalue weighted by atomic mass is 10.1. The maximum absolute atomic E-state index is 4.92. The van der Waals surface area contributed by atoms with E-state index in [1.54, 1.807) is 0 Å². The van der Waals surface area contributed by atoms with E-state index in [4.69, 9.17) is 4.99 Å². The fourth-order valence-corrected chi connectivity index (χ4v) is 2.94. The highest BCUT2D eigenvalue weighted by Crippen LogP contribution is 2.08. The Kier molecular flexibility index (Phi) is 10.5. The summed E-state index contributed by atoms with van der Waals surface area (Å²) in [6, 6.07) is 15.2. The molecule has 1 heterocycles. The minimum Gasteiger partial charge on any atom is -0.357 e. The van der Waals surface area contributed by atoms with E-state index in [9.17, 15) is 0 Å². The van der Waals surface area contributed by atoms with Gasteiger partial charge in [-0.3, -0.25) is 4.99 Å². The molecule has 150 valence electrons. The van der Waals surface area contributed by atoms with Gasteiger partial charge in [-0.15, -0.1) is 24.0 Å². The van der Waals surface area contributed by atoms with Crippen molar-refractivity contribution < 1.29 is 0 Å². The van der Waals surface area contributed by atoms with Crippen LogP contribution in [0.2, 0.25) is 0 Å². The van der Waals surface area contributed by atoms with Crippen molar-refractivity contribution in [2.45, 2.75) is 25.9 Å². The van der Waals surface area contributed by atoms with E-state index >= 15 is 0 Å². The molecule has 1 unspecified atom stereocenters. The number of guanidine groups is 1. The third kappa shape index (κ3) is 7.54. The van der Waals surface area contributed by atoms with Gasteiger partial charge >= 0.3 is 0 Å². The monoisotopic (exact) mass is 483 g/mol. The van der Waals surface area contributed by atoms with Crippen LogP contribution in [0.3, 0.4) is 0 Å². The Bertz CT molecular complexity index is 681. The maximum atomic E-state index is 4.92. The lowest BCUT2D eigenvalue weighted by Crippen LogP contribution is -2.40. The van der Waals surface area contributed by atoms with Gasteiger partial charge in [0.1, 0.15) is 0 Å². The van der Waals surface area contributed by atoms with Crippen LogP contribution in [0.15, 0.2) is 53.7 Å². The van der Waals surface area contributed by atoms with Crippen LogP contribution >= 0.6 is 24.0 Å². The molecule has 6 heteroatoms. The minimum absolute atomic E-state index is 0. The molecule has 0 fully saturated rings. The number of rotatable bonds is 8. The predicted octanol–water partition coefficient (Wildman–Crippen LogP) is 3.21. The van der Waals surface area contributed by atoms with E-state index in [1.807, 2.05) is 0 Å². The number of nitrogens with zero attached hydrogens (tertiary/aromatic N) is 4. The van der Waals surface area contributed by atoms with Gasteiger partial charge in [-0.2, -0.15) is 0 Å². The molecule has 1 N–H and O–H groups in total. The van der Waals surface area contributed by atoms with E-state index < -0.39 is 0 Å². The number of aryl methyl sites for hydroxylation is 1. The van der Waals surface area contributed by atoms with Crippen molar-refractivity contribution in [3.05, 3.63) is 59.9 Å². The van der Waals surface area contributed by atoms with E-state index in [0.29, 0.717) is 6.04 Å². The SMILES string of the molecule is CCNC(=NCC(Cc1ccccc1)N(C)C)N(C)Cc1cccn1C.I. The lowest BCUT2D eigenvalue weighted by Gasteiger charge is -2.26. The molecule has 0 amide bonds. The summed E-state index contributed by atoms with van der Waals surface area (Å²) in [6.45, 7) is 4.57. The second-order valence-electron chi connectivity index (χ2n) is 6.97. The second kappa shape index (κ2) is 12.0. The first-order valence-electron chi connectivity index (χ1n) is 9.31. The molecule has 2 aromatic rings. The van der Waals surface area contributed by atoms with Crippen molar-refractivity contribution in [3.8, 4) is 0 Å². The fourth-order valence-electron chi connectivity index (χ4n) is 2.94. The molecule has 2 rings (SSSR count). The van der Waals surface area contributed by atoms with Crippen molar-refractivity contribution in [1.82, 2.24) is 19.7 Å². The maximum Gasteiger partial charge on any atom is 0.194 e. The van der Waals surface area contributed by atoms with Crippen LogP contribution < -0.4 is 5.32 Å². The molecule has 0 saturated carbocycles. The number of benzene rings is 1. The van der Waals surface area contributed by atoms with E-state index in [-0.39, 0.29) is 24.0 Å². The second-order valence-corrected chi connectivity index (χ2v) is 6.97. The molecule has 27 heavy (non-hydrogen) atoms. The molecule has 1 aromatic heterocycles.